The molecule has 220 valence electrons. The fourth-order valence-electron chi connectivity index (χ4n) is 4.98. The van der Waals surface area contributed by atoms with E-state index in [9.17, 15) is 13.2 Å². The molecule has 12 nitrogen and oxygen atoms in total. The van der Waals surface area contributed by atoms with Crippen LogP contribution in [0.3, 0.4) is 0 Å². The lowest BCUT2D eigenvalue weighted by Crippen LogP contribution is -2.39. The first-order valence-corrected chi connectivity index (χ1v) is 16.3. The molecule has 1 aliphatic heterocycles. The summed E-state index contributed by atoms with van der Waals surface area (Å²) in [6.07, 6.45) is 10.1. The highest BCUT2D eigenvalue weighted by molar-refractivity contribution is 7.93. The number of amides is 1. The Hall–Kier alpha value is -3.20. The van der Waals surface area contributed by atoms with Gasteiger partial charge in [-0.1, -0.05) is 12.8 Å². The molecular formula is C27H35N7O5S2. The molecule has 4 heterocycles. The van der Waals surface area contributed by atoms with Crippen LogP contribution >= 0.6 is 11.3 Å². The summed E-state index contributed by atoms with van der Waals surface area (Å²) in [5.74, 6) is 0.0583. The number of aromatic nitrogens is 4. The molecule has 0 aromatic carbocycles. The molecule has 5 rings (SSSR count). The molecule has 3 aromatic heterocycles. The predicted molar refractivity (Wildman–Crippen MR) is 155 cm³/mol. The third-order valence-corrected chi connectivity index (χ3v) is 10.0. The average molecular weight is 602 g/mol. The number of sulfonamides is 1. The van der Waals surface area contributed by atoms with Crippen LogP contribution in [0.4, 0.5) is 5.69 Å². The number of nitrogens with zero attached hydrogens (tertiary/aromatic N) is 5. The van der Waals surface area contributed by atoms with E-state index in [4.69, 9.17) is 9.47 Å². The first kappa shape index (κ1) is 29.3. The van der Waals surface area contributed by atoms with Gasteiger partial charge in [0.05, 0.1) is 59.8 Å². The molecule has 0 unspecified atom stereocenters. The second-order valence-corrected chi connectivity index (χ2v) is 13.0. The van der Waals surface area contributed by atoms with E-state index in [0.717, 1.165) is 32.5 Å². The van der Waals surface area contributed by atoms with Gasteiger partial charge in [-0.2, -0.15) is 0 Å². The number of thiazole rings is 1. The van der Waals surface area contributed by atoms with Crippen molar-refractivity contribution in [3.63, 3.8) is 0 Å². The van der Waals surface area contributed by atoms with Crippen molar-refractivity contribution < 1.29 is 22.7 Å². The van der Waals surface area contributed by atoms with Crippen LogP contribution in [0.1, 0.15) is 60.6 Å². The van der Waals surface area contributed by atoms with E-state index in [2.05, 4.69) is 34.9 Å². The number of carbonyl (C=O) groups is 1. The standard InChI is InChI=1S/C27H35N7O5S2/c1-2-39-25-18-28-16-23(31-25)24-17-30-27(40-24)26(35)32-21(8-10-34-11-13-38-14-12-34)22-15-19(7-9-29-22)33-41(36,37)20-5-3-4-6-20/h7,9,15-18,20-21H,2-6,8,10-14H2,1H3,(H,29,33)(H,32,35)/t21-/m0/s1. The Morgan fingerprint density at radius 2 is 2.00 bits per heavy atom. The fraction of sp³-hybridized carbons (Fsp3) is 0.519. The molecule has 2 fully saturated rings. The largest absolute Gasteiger partial charge is 0.477 e. The van der Waals surface area contributed by atoms with Crippen LogP contribution in [-0.2, 0) is 14.8 Å². The summed E-state index contributed by atoms with van der Waals surface area (Å²) >= 11 is 1.21. The maximum absolute atomic E-state index is 13.4. The number of ether oxygens (including phenoxy) is 2. The van der Waals surface area contributed by atoms with Gasteiger partial charge in [-0.15, -0.1) is 11.3 Å². The van der Waals surface area contributed by atoms with Gasteiger partial charge >= 0.3 is 0 Å². The first-order chi connectivity index (χ1) is 19.9. The van der Waals surface area contributed by atoms with Gasteiger partial charge in [-0.3, -0.25) is 24.4 Å². The zero-order valence-corrected chi connectivity index (χ0v) is 24.6. The van der Waals surface area contributed by atoms with Crippen molar-refractivity contribution in [2.45, 2.75) is 50.3 Å². The number of nitrogens with one attached hydrogen (secondary N) is 2. The zero-order chi connectivity index (χ0) is 28.7. The normalized spacial score (nSPS) is 17.3. The fourth-order valence-corrected chi connectivity index (χ4v) is 7.33. The van der Waals surface area contributed by atoms with Crippen LogP contribution in [-0.4, -0.2) is 83.9 Å². The highest BCUT2D eigenvalue weighted by Crippen LogP contribution is 2.28. The van der Waals surface area contributed by atoms with Crippen LogP contribution in [0.5, 0.6) is 5.88 Å². The third-order valence-electron chi connectivity index (χ3n) is 7.14. The van der Waals surface area contributed by atoms with E-state index < -0.39 is 16.1 Å². The number of rotatable bonds is 12. The molecule has 1 amide bonds. The SMILES string of the molecule is CCOc1cncc(-c2cnc(C(=O)N[C@@H](CCN3CCOCC3)c3cc(NS(=O)(=O)C4CCCC4)ccn3)s2)n1. The van der Waals surface area contributed by atoms with Crippen molar-refractivity contribution in [3.8, 4) is 16.5 Å². The molecule has 0 radical (unpaired) electrons. The van der Waals surface area contributed by atoms with Gasteiger partial charge in [0.25, 0.3) is 5.91 Å². The van der Waals surface area contributed by atoms with Crippen LogP contribution in [0.2, 0.25) is 0 Å². The maximum atomic E-state index is 13.4. The highest BCUT2D eigenvalue weighted by atomic mass is 32.2. The summed E-state index contributed by atoms with van der Waals surface area (Å²) in [5.41, 5.74) is 1.59. The topological polar surface area (TPSA) is 149 Å². The van der Waals surface area contributed by atoms with E-state index in [0.29, 0.717) is 66.9 Å². The summed E-state index contributed by atoms with van der Waals surface area (Å²) in [6, 6.07) is 2.88. The van der Waals surface area contributed by atoms with E-state index in [1.54, 1.807) is 30.7 Å². The second kappa shape index (κ2) is 13.6. The predicted octanol–water partition coefficient (Wildman–Crippen LogP) is 3.27. The Labute approximate surface area is 244 Å². The number of hydrogen-bond acceptors (Lipinski definition) is 11. The molecule has 1 saturated carbocycles. The number of hydrogen-bond donors (Lipinski definition) is 2. The van der Waals surface area contributed by atoms with Crippen LogP contribution < -0.4 is 14.8 Å². The molecule has 41 heavy (non-hydrogen) atoms. The molecule has 1 aliphatic carbocycles. The Bertz CT molecular complexity index is 1420. The Kier molecular flexibility index (Phi) is 9.75. The molecule has 2 N–H and O–H groups in total. The minimum atomic E-state index is -3.50. The van der Waals surface area contributed by atoms with E-state index in [1.807, 2.05) is 6.92 Å². The molecule has 2 aliphatic rings. The Morgan fingerprint density at radius 3 is 2.78 bits per heavy atom. The molecule has 3 aromatic rings. The lowest BCUT2D eigenvalue weighted by atomic mass is 10.1. The maximum Gasteiger partial charge on any atom is 0.280 e. The van der Waals surface area contributed by atoms with Crippen molar-refractivity contribution >= 4 is 33.0 Å². The van der Waals surface area contributed by atoms with Crippen molar-refractivity contribution in [1.29, 1.82) is 0 Å². The Morgan fingerprint density at radius 1 is 1.20 bits per heavy atom. The summed E-state index contributed by atoms with van der Waals surface area (Å²) < 4.78 is 39.5. The monoisotopic (exact) mass is 601 g/mol. The number of pyridine rings is 1. The summed E-state index contributed by atoms with van der Waals surface area (Å²) in [7, 11) is -3.50. The van der Waals surface area contributed by atoms with Gasteiger partial charge in [-0.05, 0) is 38.3 Å². The minimum absolute atomic E-state index is 0.276. The summed E-state index contributed by atoms with van der Waals surface area (Å²) in [6.45, 7) is 6.02. The van der Waals surface area contributed by atoms with Crippen molar-refractivity contribution in [2.24, 2.45) is 0 Å². The molecule has 0 bridgehead atoms. The third kappa shape index (κ3) is 7.76. The lowest BCUT2D eigenvalue weighted by molar-refractivity contribution is 0.0359. The first-order valence-electron chi connectivity index (χ1n) is 13.9. The van der Waals surface area contributed by atoms with Gasteiger partial charge in [-0.25, -0.2) is 18.4 Å². The van der Waals surface area contributed by atoms with Gasteiger partial charge in [0, 0.05) is 32.0 Å². The summed E-state index contributed by atoms with van der Waals surface area (Å²) in [5, 5.41) is 2.98. The number of carbonyl (C=O) groups excluding carboxylic acids is 1. The number of morpholine rings is 1. The molecule has 0 spiro atoms. The smallest absolute Gasteiger partial charge is 0.280 e. The molecular weight excluding hydrogens is 566 g/mol. The zero-order valence-electron chi connectivity index (χ0n) is 23.0. The van der Waals surface area contributed by atoms with Gasteiger partial charge in [0.2, 0.25) is 15.9 Å². The van der Waals surface area contributed by atoms with Crippen molar-refractivity contribution in [1.82, 2.24) is 30.2 Å². The highest BCUT2D eigenvalue weighted by Gasteiger charge is 2.29. The van der Waals surface area contributed by atoms with Gasteiger partial charge in [0.1, 0.15) is 5.69 Å². The quantitative estimate of drug-likeness (QED) is 0.317. The second-order valence-electron chi connectivity index (χ2n) is 10.00. The minimum Gasteiger partial charge on any atom is -0.477 e. The van der Waals surface area contributed by atoms with Crippen LogP contribution in [0.15, 0.2) is 36.9 Å². The molecule has 14 heteroatoms. The Balaban J connectivity index is 1.33. The van der Waals surface area contributed by atoms with Crippen molar-refractivity contribution in [2.75, 3.05) is 44.2 Å². The van der Waals surface area contributed by atoms with E-state index >= 15 is 0 Å². The van der Waals surface area contributed by atoms with E-state index in [-0.39, 0.29) is 16.2 Å². The lowest BCUT2D eigenvalue weighted by Gasteiger charge is -2.28. The van der Waals surface area contributed by atoms with Crippen molar-refractivity contribution in [3.05, 3.63) is 47.6 Å². The molecule has 1 atom stereocenters. The van der Waals surface area contributed by atoms with Gasteiger partial charge < -0.3 is 14.8 Å². The van der Waals surface area contributed by atoms with Gasteiger partial charge in [0.15, 0.2) is 5.01 Å². The van der Waals surface area contributed by atoms with E-state index in [1.165, 1.54) is 17.5 Å². The van der Waals surface area contributed by atoms with Crippen LogP contribution in [0.25, 0.3) is 10.6 Å². The number of anilines is 1. The summed E-state index contributed by atoms with van der Waals surface area (Å²) in [4.78, 5) is 33.8. The average Bonchev–Trinajstić information content (AvgIpc) is 3.70. The van der Waals surface area contributed by atoms with Crippen LogP contribution in [0, 0.1) is 0 Å². The molecule has 1 saturated heterocycles.